The number of anilines is 1. The summed E-state index contributed by atoms with van der Waals surface area (Å²) in [5, 5.41) is -0.128. The molecule has 0 unspecified atom stereocenters. The van der Waals surface area contributed by atoms with Crippen LogP contribution in [0.2, 0.25) is 0 Å². The molecule has 0 aromatic carbocycles. The Morgan fingerprint density at radius 2 is 2.22 bits per heavy atom. The second-order valence-electron chi connectivity index (χ2n) is 3.82. The number of aromatic nitrogens is 1. The molecule has 7 nitrogen and oxygen atoms in total. The molecule has 1 rings (SSSR count). The van der Waals surface area contributed by atoms with Crippen molar-refractivity contribution in [2.45, 2.75) is 25.0 Å². The number of pyridine rings is 1. The van der Waals surface area contributed by atoms with Gasteiger partial charge in [0.25, 0.3) is 10.0 Å². The van der Waals surface area contributed by atoms with Gasteiger partial charge in [0, 0.05) is 12.7 Å². The van der Waals surface area contributed by atoms with E-state index in [2.05, 4.69) is 15.1 Å². The van der Waals surface area contributed by atoms with Gasteiger partial charge in [0.15, 0.2) is 5.03 Å². The van der Waals surface area contributed by atoms with Crippen LogP contribution in [0.1, 0.15) is 13.8 Å². The highest BCUT2D eigenvalue weighted by molar-refractivity contribution is 7.89. The van der Waals surface area contributed by atoms with Crippen molar-refractivity contribution in [3.05, 3.63) is 18.3 Å². The van der Waals surface area contributed by atoms with E-state index in [1.165, 1.54) is 12.3 Å². The molecule has 0 saturated carbocycles. The lowest BCUT2D eigenvalue weighted by Gasteiger charge is -2.11. The number of rotatable bonds is 7. The maximum Gasteiger partial charge on any atom is 0.260 e. The predicted octanol–water partition coefficient (Wildman–Crippen LogP) is 0.0705. The number of nitrogens with two attached hydrogens (primary N) is 1. The van der Waals surface area contributed by atoms with Crippen molar-refractivity contribution in [3.63, 3.8) is 0 Å². The van der Waals surface area contributed by atoms with Gasteiger partial charge in [-0.1, -0.05) is 0 Å². The highest BCUT2D eigenvalue weighted by atomic mass is 32.2. The molecule has 102 valence electrons. The van der Waals surface area contributed by atoms with E-state index in [-0.39, 0.29) is 23.4 Å². The van der Waals surface area contributed by atoms with Gasteiger partial charge in [-0.2, -0.15) is 0 Å². The molecule has 0 aliphatic heterocycles. The van der Waals surface area contributed by atoms with Crippen LogP contribution in [0.25, 0.3) is 0 Å². The van der Waals surface area contributed by atoms with E-state index < -0.39 is 10.0 Å². The summed E-state index contributed by atoms with van der Waals surface area (Å²) < 4.78 is 31.5. The summed E-state index contributed by atoms with van der Waals surface area (Å²) in [5.41, 5.74) is 2.54. The predicted molar refractivity (Wildman–Crippen MR) is 68.3 cm³/mol. The molecule has 18 heavy (non-hydrogen) atoms. The monoisotopic (exact) mass is 274 g/mol. The molecule has 4 N–H and O–H groups in total. The van der Waals surface area contributed by atoms with E-state index in [0.717, 1.165) is 0 Å². The number of ether oxygens (including phenoxy) is 1. The van der Waals surface area contributed by atoms with Gasteiger partial charge in [-0.05, 0) is 26.0 Å². The lowest BCUT2D eigenvalue weighted by Crippen LogP contribution is -2.30. The third kappa shape index (κ3) is 4.22. The van der Waals surface area contributed by atoms with E-state index in [1.54, 1.807) is 6.07 Å². The second-order valence-corrected chi connectivity index (χ2v) is 5.50. The number of sulfonamides is 1. The summed E-state index contributed by atoms with van der Waals surface area (Å²) in [7, 11) is -3.68. The normalized spacial score (nSPS) is 11.8. The Bertz CT molecular complexity index is 476. The van der Waals surface area contributed by atoms with E-state index >= 15 is 0 Å². The van der Waals surface area contributed by atoms with Crippen LogP contribution in [0, 0.1) is 0 Å². The molecular formula is C10H18N4O3S. The van der Waals surface area contributed by atoms with Gasteiger partial charge < -0.3 is 10.2 Å². The highest BCUT2D eigenvalue weighted by Crippen LogP contribution is 2.15. The average molecular weight is 274 g/mol. The molecule has 0 fully saturated rings. The quantitative estimate of drug-likeness (QED) is 0.369. The molecule has 0 spiro atoms. The Morgan fingerprint density at radius 1 is 1.50 bits per heavy atom. The zero-order valence-electron chi connectivity index (χ0n) is 10.4. The van der Waals surface area contributed by atoms with E-state index in [9.17, 15) is 8.42 Å². The fraction of sp³-hybridized carbons (Fsp3) is 0.500. The van der Waals surface area contributed by atoms with Crippen LogP contribution in [0.3, 0.4) is 0 Å². The van der Waals surface area contributed by atoms with Gasteiger partial charge >= 0.3 is 0 Å². The van der Waals surface area contributed by atoms with Crippen LogP contribution in [0.15, 0.2) is 23.4 Å². The number of nitrogens with zero attached hydrogens (tertiary/aromatic N) is 1. The molecule has 0 amide bonds. The first-order valence-electron chi connectivity index (χ1n) is 5.50. The van der Waals surface area contributed by atoms with Gasteiger partial charge in [0.1, 0.15) is 0 Å². The molecule has 0 radical (unpaired) electrons. The Labute approximate surface area is 107 Å². The molecule has 1 aromatic heterocycles. The molecule has 0 aliphatic rings. The van der Waals surface area contributed by atoms with Crippen LogP contribution in [0.5, 0.6) is 0 Å². The standard InChI is InChI=1S/C10H18N4O3S/c1-8(2)17-7-6-13-18(15,16)10-9(14-11)4-3-5-12-10/h3-5,8,13-14H,6-7,11H2,1-2H3. The van der Waals surface area contributed by atoms with Crippen LogP contribution >= 0.6 is 0 Å². The van der Waals surface area contributed by atoms with Crippen LogP contribution in [-0.2, 0) is 14.8 Å². The molecule has 8 heteroatoms. The Morgan fingerprint density at radius 3 is 2.83 bits per heavy atom. The Balaban J connectivity index is 2.68. The minimum Gasteiger partial charge on any atom is -0.377 e. The zero-order chi connectivity index (χ0) is 13.6. The molecule has 0 atom stereocenters. The van der Waals surface area contributed by atoms with Crippen molar-refractivity contribution in [1.82, 2.24) is 9.71 Å². The molecule has 0 saturated heterocycles. The van der Waals surface area contributed by atoms with Crippen LogP contribution < -0.4 is 16.0 Å². The van der Waals surface area contributed by atoms with Crippen molar-refractivity contribution in [2.24, 2.45) is 5.84 Å². The van der Waals surface area contributed by atoms with Crippen molar-refractivity contribution in [1.29, 1.82) is 0 Å². The van der Waals surface area contributed by atoms with Crippen molar-refractivity contribution < 1.29 is 13.2 Å². The molecular weight excluding hydrogens is 256 g/mol. The van der Waals surface area contributed by atoms with Gasteiger partial charge in [-0.3, -0.25) is 5.84 Å². The smallest absolute Gasteiger partial charge is 0.260 e. The Hall–Kier alpha value is -1.22. The fourth-order valence-corrected chi connectivity index (χ4v) is 2.36. The van der Waals surface area contributed by atoms with Crippen molar-refractivity contribution in [3.8, 4) is 0 Å². The average Bonchev–Trinajstić information content (AvgIpc) is 2.34. The van der Waals surface area contributed by atoms with Crippen LogP contribution in [-0.4, -0.2) is 32.7 Å². The molecule has 1 aromatic rings. The lowest BCUT2D eigenvalue weighted by molar-refractivity contribution is 0.0834. The zero-order valence-corrected chi connectivity index (χ0v) is 11.2. The van der Waals surface area contributed by atoms with Crippen molar-refractivity contribution in [2.75, 3.05) is 18.6 Å². The van der Waals surface area contributed by atoms with E-state index in [4.69, 9.17) is 10.6 Å². The van der Waals surface area contributed by atoms with Gasteiger partial charge in [-0.15, -0.1) is 0 Å². The first kappa shape index (κ1) is 14.8. The topological polar surface area (TPSA) is 106 Å². The van der Waals surface area contributed by atoms with Gasteiger partial charge in [0.2, 0.25) is 0 Å². The molecule has 0 bridgehead atoms. The molecule has 1 heterocycles. The number of nitrogens with one attached hydrogen (secondary N) is 2. The van der Waals surface area contributed by atoms with E-state index in [0.29, 0.717) is 6.61 Å². The van der Waals surface area contributed by atoms with Crippen LogP contribution in [0.4, 0.5) is 5.69 Å². The number of nitrogen functional groups attached to an aromatic ring is 1. The summed E-state index contributed by atoms with van der Waals surface area (Å²) in [5.74, 6) is 5.23. The fourth-order valence-electron chi connectivity index (χ4n) is 1.25. The number of hydrazine groups is 1. The minimum absolute atomic E-state index is 0.0608. The van der Waals surface area contributed by atoms with Gasteiger partial charge in [0.05, 0.1) is 18.4 Å². The maximum absolute atomic E-state index is 11.9. The SMILES string of the molecule is CC(C)OCCNS(=O)(=O)c1ncccc1NN. The first-order chi connectivity index (χ1) is 8.47. The summed E-state index contributed by atoms with van der Waals surface area (Å²) in [6.45, 7) is 4.24. The Kier molecular flexibility index (Phi) is 5.48. The largest absolute Gasteiger partial charge is 0.377 e. The number of hydrogen-bond donors (Lipinski definition) is 3. The summed E-state index contributed by atoms with van der Waals surface area (Å²) in [6, 6.07) is 3.13. The summed E-state index contributed by atoms with van der Waals surface area (Å²) >= 11 is 0. The highest BCUT2D eigenvalue weighted by Gasteiger charge is 2.19. The number of hydrogen-bond acceptors (Lipinski definition) is 6. The maximum atomic E-state index is 11.9. The third-order valence-corrected chi connectivity index (χ3v) is 3.45. The second kappa shape index (κ2) is 6.64. The minimum atomic E-state index is -3.68. The molecule has 0 aliphatic carbocycles. The van der Waals surface area contributed by atoms with E-state index in [1.807, 2.05) is 13.8 Å². The van der Waals surface area contributed by atoms with Gasteiger partial charge in [-0.25, -0.2) is 18.1 Å². The third-order valence-electron chi connectivity index (χ3n) is 2.03. The van der Waals surface area contributed by atoms with Crippen molar-refractivity contribution >= 4 is 15.7 Å². The first-order valence-corrected chi connectivity index (χ1v) is 6.98. The summed E-state index contributed by atoms with van der Waals surface area (Å²) in [6.07, 6.45) is 1.45. The lowest BCUT2D eigenvalue weighted by atomic mass is 10.4. The summed E-state index contributed by atoms with van der Waals surface area (Å²) in [4.78, 5) is 3.80.